The highest BCUT2D eigenvalue weighted by molar-refractivity contribution is 5.83. The molecule has 1 N–H and O–H groups in total. The summed E-state index contributed by atoms with van der Waals surface area (Å²) in [6, 6.07) is 9.89. The van der Waals surface area contributed by atoms with Gasteiger partial charge in [0.15, 0.2) is 5.82 Å². The minimum absolute atomic E-state index is 0.0792. The molecule has 9 heteroatoms. The van der Waals surface area contributed by atoms with Crippen LogP contribution in [0.15, 0.2) is 45.8 Å². The summed E-state index contributed by atoms with van der Waals surface area (Å²) in [5, 5.41) is 14.2. The summed E-state index contributed by atoms with van der Waals surface area (Å²) < 4.78 is 13.8. The molecule has 1 aromatic carbocycles. The van der Waals surface area contributed by atoms with Gasteiger partial charge in [0, 0.05) is 18.7 Å². The van der Waals surface area contributed by atoms with Crippen LogP contribution in [0.1, 0.15) is 85.3 Å². The van der Waals surface area contributed by atoms with Crippen molar-refractivity contribution in [1.29, 1.82) is 0 Å². The lowest BCUT2D eigenvalue weighted by Crippen LogP contribution is -2.39. The van der Waals surface area contributed by atoms with Crippen LogP contribution >= 0.6 is 0 Å². The van der Waals surface area contributed by atoms with E-state index in [4.69, 9.17) is 9.15 Å². The zero-order chi connectivity index (χ0) is 26.1. The smallest absolute Gasteiger partial charge is 0.253 e. The number of ether oxygens (including phenoxy) is 1. The van der Waals surface area contributed by atoms with Crippen molar-refractivity contribution in [3.05, 3.63) is 75.2 Å². The van der Waals surface area contributed by atoms with E-state index < -0.39 is 6.04 Å². The average molecular weight is 517 g/mol. The second-order valence-electron chi connectivity index (χ2n) is 10.9. The Bertz CT molecular complexity index is 1430. The molecule has 1 saturated carbocycles. The third-order valence-electron chi connectivity index (χ3n) is 8.07. The number of tetrazole rings is 1. The Morgan fingerprint density at radius 1 is 1.13 bits per heavy atom. The van der Waals surface area contributed by atoms with Crippen LogP contribution in [0.2, 0.25) is 0 Å². The van der Waals surface area contributed by atoms with Gasteiger partial charge in [-0.3, -0.25) is 9.69 Å². The van der Waals surface area contributed by atoms with Gasteiger partial charge in [-0.15, -0.1) is 5.10 Å². The molecule has 4 heterocycles. The largest absolute Gasteiger partial charge is 0.468 e. The molecule has 1 saturated heterocycles. The maximum atomic E-state index is 13.8. The molecule has 1 aliphatic carbocycles. The molecule has 3 aromatic heterocycles. The fraction of sp³-hybridized carbons (Fsp3) is 0.517. The third-order valence-corrected chi connectivity index (χ3v) is 8.07. The first-order chi connectivity index (χ1) is 18.6. The van der Waals surface area contributed by atoms with Crippen LogP contribution in [0.3, 0.4) is 0 Å². The van der Waals surface area contributed by atoms with Crippen LogP contribution in [0, 0.1) is 13.8 Å². The maximum absolute atomic E-state index is 13.8. The predicted octanol–water partition coefficient (Wildman–Crippen LogP) is 5.00. The Morgan fingerprint density at radius 2 is 2.00 bits per heavy atom. The van der Waals surface area contributed by atoms with E-state index in [0.717, 1.165) is 72.9 Å². The summed E-state index contributed by atoms with van der Waals surface area (Å²) in [5.41, 5.74) is 3.59. The number of nitrogens with one attached hydrogen (secondary N) is 1. The van der Waals surface area contributed by atoms with E-state index in [9.17, 15) is 4.79 Å². The molecule has 0 unspecified atom stereocenters. The van der Waals surface area contributed by atoms with Gasteiger partial charge in [-0.1, -0.05) is 30.9 Å². The van der Waals surface area contributed by atoms with Crippen molar-refractivity contribution in [2.75, 3.05) is 13.2 Å². The monoisotopic (exact) mass is 516 g/mol. The fourth-order valence-corrected chi connectivity index (χ4v) is 6.29. The number of pyridine rings is 1. The van der Waals surface area contributed by atoms with Gasteiger partial charge in [0.25, 0.3) is 5.56 Å². The summed E-state index contributed by atoms with van der Waals surface area (Å²) >= 11 is 0. The highest BCUT2D eigenvalue weighted by atomic mass is 16.5. The van der Waals surface area contributed by atoms with E-state index in [1.54, 1.807) is 6.26 Å². The molecular weight excluding hydrogens is 480 g/mol. The summed E-state index contributed by atoms with van der Waals surface area (Å²) in [7, 11) is 0. The summed E-state index contributed by atoms with van der Waals surface area (Å²) in [6.45, 7) is 6.04. The SMILES string of the molecule is Cc1cc(C)c2[nH]c(=O)c([C@@H](c3nnnn3C3CCCCC3)N(Cc3ccco3)C[C@H]3CCCO3)cc2c1. The number of H-pyrrole nitrogens is 1. The van der Waals surface area contributed by atoms with Gasteiger partial charge in [0.05, 0.1) is 30.5 Å². The van der Waals surface area contributed by atoms with Gasteiger partial charge < -0.3 is 14.1 Å². The van der Waals surface area contributed by atoms with Crippen LogP contribution in [0.4, 0.5) is 0 Å². The summed E-state index contributed by atoms with van der Waals surface area (Å²) in [4.78, 5) is 19.3. The van der Waals surface area contributed by atoms with Crippen molar-refractivity contribution in [2.45, 2.75) is 83.5 Å². The van der Waals surface area contributed by atoms with Crippen LogP contribution in [0.5, 0.6) is 0 Å². The number of nitrogens with zero attached hydrogens (tertiary/aromatic N) is 5. The van der Waals surface area contributed by atoms with Gasteiger partial charge in [-0.25, -0.2) is 4.68 Å². The lowest BCUT2D eigenvalue weighted by atomic mass is 9.94. The lowest BCUT2D eigenvalue weighted by Gasteiger charge is -2.33. The molecule has 2 fully saturated rings. The zero-order valence-corrected chi connectivity index (χ0v) is 22.2. The number of benzene rings is 1. The van der Waals surface area contributed by atoms with E-state index in [1.807, 2.05) is 29.8 Å². The molecule has 0 spiro atoms. The number of aromatic nitrogens is 5. The van der Waals surface area contributed by atoms with Gasteiger partial charge in [0.1, 0.15) is 11.8 Å². The normalized spacial score (nSPS) is 19.5. The van der Waals surface area contributed by atoms with Crippen LogP contribution < -0.4 is 5.56 Å². The van der Waals surface area contributed by atoms with Crippen molar-refractivity contribution in [3.63, 3.8) is 0 Å². The average Bonchev–Trinajstić information content (AvgIpc) is 3.69. The van der Waals surface area contributed by atoms with Gasteiger partial charge in [-0.2, -0.15) is 0 Å². The summed E-state index contributed by atoms with van der Waals surface area (Å²) in [5.74, 6) is 1.53. The lowest BCUT2D eigenvalue weighted by molar-refractivity contribution is 0.0539. The second-order valence-corrected chi connectivity index (χ2v) is 10.9. The highest BCUT2D eigenvalue weighted by Gasteiger charge is 2.35. The summed E-state index contributed by atoms with van der Waals surface area (Å²) in [6.07, 6.45) is 9.45. The van der Waals surface area contributed by atoms with Crippen molar-refractivity contribution < 1.29 is 9.15 Å². The molecule has 0 amide bonds. The number of hydrogen-bond donors (Lipinski definition) is 1. The van der Waals surface area contributed by atoms with E-state index in [0.29, 0.717) is 24.5 Å². The molecule has 38 heavy (non-hydrogen) atoms. The highest BCUT2D eigenvalue weighted by Crippen LogP contribution is 2.35. The molecular formula is C29H36N6O3. The topological polar surface area (TPSA) is 102 Å². The number of aryl methyl sites for hydroxylation is 2. The molecule has 2 aliphatic rings. The number of furan rings is 1. The van der Waals surface area contributed by atoms with E-state index >= 15 is 0 Å². The minimum Gasteiger partial charge on any atom is -0.468 e. The van der Waals surface area contributed by atoms with Crippen LogP contribution in [-0.2, 0) is 11.3 Å². The maximum Gasteiger partial charge on any atom is 0.253 e. The molecule has 9 nitrogen and oxygen atoms in total. The second kappa shape index (κ2) is 10.8. The Morgan fingerprint density at radius 3 is 2.76 bits per heavy atom. The van der Waals surface area contributed by atoms with Crippen LogP contribution in [-0.4, -0.2) is 49.3 Å². The molecule has 4 aromatic rings. The molecule has 0 bridgehead atoms. The number of fused-ring (bicyclic) bond motifs is 1. The van der Waals surface area contributed by atoms with Gasteiger partial charge >= 0.3 is 0 Å². The van der Waals surface area contributed by atoms with E-state index in [2.05, 4.69) is 44.5 Å². The first-order valence-corrected chi connectivity index (χ1v) is 13.9. The first-order valence-electron chi connectivity index (χ1n) is 13.9. The molecule has 0 radical (unpaired) electrons. The Hall–Kier alpha value is -3.30. The molecule has 1 aliphatic heterocycles. The molecule has 6 rings (SSSR count). The van der Waals surface area contributed by atoms with E-state index in [1.165, 1.54) is 6.42 Å². The van der Waals surface area contributed by atoms with Crippen molar-refractivity contribution in [1.82, 2.24) is 30.1 Å². The number of aromatic amines is 1. The van der Waals surface area contributed by atoms with E-state index in [-0.39, 0.29) is 17.7 Å². The van der Waals surface area contributed by atoms with Crippen molar-refractivity contribution in [3.8, 4) is 0 Å². The number of hydrogen-bond acceptors (Lipinski definition) is 7. The minimum atomic E-state index is -0.463. The fourth-order valence-electron chi connectivity index (χ4n) is 6.29. The standard InChI is InChI=1S/C29H36N6O3/c1-19-14-20(2)26-21(15-19)16-25(29(36)30-26)27(28-31-32-33-35(28)22-8-4-3-5-9-22)34(17-23-10-6-12-37-23)18-24-11-7-13-38-24/h6,10,12,14-16,22,24,27H,3-5,7-9,11,13,17-18H2,1-2H3,(H,30,36)/t24-,27+/m1/s1. The third kappa shape index (κ3) is 5.05. The Labute approximate surface area is 222 Å². The van der Waals surface area contributed by atoms with Crippen molar-refractivity contribution >= 4 is 10.9 Å². The Balaban J connectivity index is 1.51. The predicted molar refractivity (Wildman–Crippen MR) is 144 cm³/mol. The quantitative estimate of drug-likeness (QED) is 0.352. The Kier molecular flexibility index (Phi) is 7.12. The number of rotatable bonds is 8. The van der Waals surface area contributed by atoms with Crippen molar-refractivity contribution in [2.24, 2.45) is 0 Å². The zero-order valence-electron chi connectivity index (χ0n) is 22.2. The molecule has 2 atom stereocenters. The van der Waals surface area contributed by atoms with Gasteiger partial charge in [0.2, 0.25) is 0 Å². The first kappa shape index (κ1) is 25.0. The van der Waals surface area contributed by atoms with Crippen LogP contribution in [0.25, 0.3) is 10.9 Å². The molecule has 200 valence electrons. The van der Waals surface area contributed by atoms with Gasteiger partial charge in [-0.05, 0) is 85.2 Å².